The number of nitrogens with one attached hydrogen (secondary N) is 1. The second-order valence-electron chi connectivity index (χ2n) is 4.76. The quantitative estimate of drug-likeness (QED) is 0.430. The molecule has 6 nitrogen and oxygen atoms in total. The van der Waals surface area contributed by atoms with E-state index in [9.17, 15) is 14.9 Å². The van der Waals surface area contributed by atoms with Crippen molar-refractivity contribution in [3.63, 3.8) is 0 Å². The summed E-state index contributed by atoms with van der Waals surface area (Å²) in [4.78, 5) is 21.8. The van der Waals surface area contributed by atoms with Gasteiger partial charge in [0.2, 0.25) is 5.91 Å². The molecule has 0 heterocycles. The van der Waals surface area contributed by atoms with Gasteiger partial charge in [-0.3, -0.25) is 14.9 Å². The Kier molecular flexibility index (Phi) is 6.95. The third-order valence-electron chi connectivity index (χ3n) is 2.92. The standard InChI is InChI=1S/C16H14BrN3O3S/c17-14-5-1-12(2-6-14)9-18-19-16(21)11-24-10-13-3-7-15(8-4-13)20(22)23/h1-9H,10-11H2,(H,19,21). The van der Waals surface area contributed by atoms with E-state index in [1.165, 1.54) is 23.9 Å². The zero-order chi connectivity index (χ0) is 17.4. The van der Waals surface area contributed by atoms with Gasteiger partial charge in [0.1, 0.15) is 0 Å². The summed E-state index contributed by atoms with van der Waals surface area (Å²) in [7, 11) is 0. The fraction of sp³-hybridized carbons (Fsp3) is 0.125. The van der Waals surface area contributed by atoms with Crippen LogP contribution in [0.2, 0.25) is 0 Å². The van der Waals surface area contributed by atoms with E-state index in [0.29, 0.717) is 5.75 Å². The van der Waals surface area contributed by atoms with Gasteiger partial charge in [-0.1, -0.05) is 40.2 Å². The molecule has 0 bridgehead atoms. The minimum absolute atomic E-state index is 0.0590. The molecule has 2 aromatic rings. The first-order chi connectivity index (χ1) is 11.5. The van der Waals surface area contributed by atoms with Gasteiger partial charge in [0.05, 0.1) is 16.9 Å². The maximum absolute atomic E-state index is 11.7. The number of hydrogen-bond donors (Lipinski definition) is 1. The molecule has 1 N–H and O–H groups in total. The highest BCUT2D eigenvalue weighted by Gasteiger charge is 2.05. The smallest absolute Gasteiger partial charge is 0.269 e. The van der Waals surface area contributed by atoms with Gasteiger partial charge in [0, 0.05) is 22.4 Å². The van der Waals surface area contributed by atoms with Crippen molar-refractivity contribution in [3.05, 3.63) is 74.2 Å². The molecule has 0 unspecified atom stereocenters. The first-order valence-electron chi connectivity index (χ1n) is 6.93. The summed E-state index contributed by atoms with van der Waals surface area (Å²) in [6.07, 6.45) is 1.57. The van der Waals surface area contributed by atoms with Crippen LogP contribution >= 0.6 is 27.7 Å². The second kappa shape index (κ2) is 9.19. The van der Waals surface area contributed by atoms with Crippen LogP contribution in [-0.2, 0) is 10.5 Å². The highest BCUT2D eigenvalue weighted by atomic mass is 79.9. The Balaban J connectivity index is 1.71. The minimum Gasteiger partial charge on any atom is -0.272 e. The predicted octanol–water partition coefficient (Wildman–Crippen LogP) is 3.74. The fourth-order valence-electron chi connectivity index (χ4n) is 1.74. The molecule has 1 amide bonds. The number of carbonyl (C=O) groups is 1. The Hall–Kier alpha value is -2.19. The summed E-state index contributed by atoms with van der Waals surface area (Å²) in [6.45, 7) is 0. The molecule has 0 saturated carbocycles. The van der Waals surface area contributed by atoms with Crippen molar-refractivity contribution in [1.29, 1.82) is 0 Å². The van der Waals surface area contributed by atoms with Gasteiger partial charge in [-0.15, -0.1) is 11.8 Å². The van der Waals surface area contributed by atoms with Crippen LogP contribution in [-0.4, -0.2) is 22.8 Å². The number of nitro benzene ring substituents is 1. The van der Waals surface area contributed by atoms with Crippen molar-refractivity contribution in [3.8, 4) is 0 Å². The summed E-state index contributed by atoms with van der Waals surface area (Å²) in [5, 5.41) is 14.5. The van der Waals surface area contributed by atoms with Crippen molar-refractivity contribution < 1.29 is 9.72 Å². The zero-order valence-electron chi connectivity index (χ0n) is 12.5. The fourth-order valence-corrected chi connectivity index (χ4v) is 2.78. The molecule has 0 saturated heterocycles. The van der Waals surface area contributed by atoms with E-state index in [1.807, 2.05) is 24.3 Å². The molecule has 0 radical (unpaired) electrons. The van der Waals surface area contributed by atoms with Gasteiger partial charge < -0.3 is 0 Å². The van der Waals surface area contributed by atoms with E-state index in [1.54, 1.807) is 18.3 Å². The summed E-state index contributed by atoms with van der Waals surface area (Å²) >= 11 is 4.76. The van der Waals surface area contributed by atoms with Crippen LogP contribution in [0.1, 0.15) is 11.1 Å². The molecular weight excluding hydrogens is 394 g/mol. The number of amides is 1. The molecule has 2 rings (SSSR count). The van der Waals surface area contributed by atoms with E-state index in [-0.39, 0.29) is 17.3 Å². The largest absolute Gasteiger partial charge is 0.272 e. The van der Waals surface area contributed by atoms with Crippen LogP contribution in [0.15, 0.2) is 58.1 Å². The number of hydrogen-bond acceptors (Lipinski definition) is 5. The van der Waals surface area contributed by atoms with Crippen LogP contribution < -0.4 is 5.43 Å². The molecule has 0 fully saturated rings. The number of nitrogens with zero attached hydrogens (tertiary/aromatic N) is 2. The van der Waals surface area contributed by atoms with Crippen LogP contribution in [0.3, 0.4) is 0 Å². The van der Waals surface area contributed by atoms with Crippen molar-refractivity contribution in [2.24, 2.45) is 5.10 Å². The van der Waals surface area contributed by atoms with E-state index in [0.717, 1.165) is 15.6 Å². The Bertz CT molecular complexity index is 733. The van der Waals surface area contributed by atoms with Crippen molar-refractivity contribution in [2.45, 2.75) is 5.75 Å². The van der Waals surface area contributed by atoms with Crippen molar-refractivity contribution in [2.75, 3.05) is 5.75 Å². The molecule has 24 heavy (non-hydrogen) atoms. The molecule has 8 heteroatoms. The number of nitro groups is 1. The summed E-state index contributed by atoms with van der Waals surface area (Å²) in [5.74, 6) is 0.659. The van der Waals surface area contributed by atoms with E-state index < -0.39 is 4.92 Å². The van der Waals surface area contributed by atoms with E-state index in [4.69, 9.17) is 0 Å². The first-order valence-corrected chi connectivity index (χ1v) is 8.88. The van der Waals surface area contributed by atoms with Gasteiger partial charge in [0.25, 0.3) is 5.69 Å². The number of non-ortho nitro benzene ring substituents is 1. The van der Waals surface area contributed by atoms with E-state index in [2.05, 4.69) is 26.5 Å². The topological polar surface area (TPSA) is 84.6 Å². The summed E-state index contributed by atoms with van der Waals surface area (Å²) < 4.78 is 0.978. The lowest BCUT2D eigenvalue weighted by Gasteiger charge is -2.01. The molecule has 0 aliphatic rings. The molecule has 0 aliphatic heterocycles. The van der Waals surface area contributed by atoms with Gasteiger partial charge in [-0.2, -0.15) is 5.10 Å². The molecule has 0 aromatic heterocycles. The van der Waals surface area contributed by atoms with E-state index >= 15 is 0 Å². The molecule has 124 valence electrons. The highest BCUT2D eigenvalue weighted by molar-refractivity contribution is 9.10. The van der Waals surface area contributed by atoms with Crippen molar-refractivity contribution >= 4 is 45.5 Å². The number of benzene rings is 2. The van der Waals surface area contributed by atoms with Crippen LogP contribution in [0.5, 0.6) is 0 Å². The summed E-state index contributed by atoms with van der Waals surface area (Å²) in [6, 6.07) is 13.8. The predicted molar refractivity (Wildman–Crippen MR) is 99.1 cm³/mol. The third-order valence-corrected chi connectivity index (χ3v) is 4.45. The molecule has 0 spiro atoms. The van der Waals surface area contributed by atoms with Crippen LogP contribution in [0.4, 0.5) is 5.69 Å². The lowest BCUT2D eigenvalue weighted by molar-refractivity contribution is -0.384. The molecule has 2 aromatic carbocycles. The molecular formula is C16H14BrN3O3S. The average molecular weight is 408 g/mol. The van der Waals surface area contributed by atoms with Gasteiger partial charge in [-0.05, 0) is 23.3 Å². The third kappa shape index (κ3) is 6.13. The van der Waals surface area contributed by atoms with Crippen LogP contribution in [0.25, 0.3) is 0 Å². The van der Waals surface area contributed by atoms with Crippen LogP contribution in [0, 0.1) is 10.1 Å². The lowest BCUT2D eigenvalue weighted by Crippen LogP contribution is -2.19. The lowest BCUT2D eigenvalue weighted by atomic mass is 10.2. The minimum atomic E-state index is -0.437. The SMILES string of the molecule is O=C(CSCc1ccc([N+](=O)[O-])cc1)NN=Cc1ccc(Br)cc1. The normalized spacial score (nSPS) is 10.7. The van der Waals surface area contributed by atoms with Gasteiger partial charge in [0.15, 0.2) is 0 Å². The number of thioether (sulfide) groups is 1. The maximum Gasteiger partial charge on any atom is 0.269 e. The Morgan fingerprint density at radius 3 is 2.50 bits per heavy atom. The van der Waals surface area contributed by atoms with Gasteiger partial charge in [-0.25, -0.2) is 5.43 Å². The number of carbonyl (C=O) groups excluding carboxylic acids is 1. The monoisotopic (exact) mass is 407 g/mol. The first kappa shape index (κ1) is 18.2. The molecule has 0 atom stereocenters. The zero-order valence-corrected chi connectivity index (χ0v) is 14.9. The van der Waals surface area contributed by atoms with Crippen molar-refractivity contribution in [1.82, 2.24) is 5.43 Å². The van der Waals surface area contributed by atoms with Gasteiger partial charge >= 0.3 is 0 Å². The molecule has 0 aliphatic carbocycles. The highest BCUT2D eigenvalue weighted by Crippen LogP contribution is 2.16. The number of hydrazone groups is 1. The Morgan fingerprint density at radius 1 is 1.21 bits per heavy atom. The summed E-state index contributed by atoms with van der Waals surface area (Å²) in [5.41, 5.74) is 4.34. The maximum atomic E-state index is 11.7. The number of halogens is 1. The Morgan fingerprint density at radius 2 is 1.88 bits per heavy atom. The second-order valence-corrected chi connectivity index (χ2v) is 6.66. The Labute approximate surface area is 151 Å². The average Bonchev–Trinajstić information content (AvgIpc) is 2.57. The number of rotatable bonds is 7.